The van der Waals surface area contributed by atoms with Crippen LogP contribution in [0.25, 0.3) is 0 Å². The van der Waals surface area contributed by atoms with Crippen molar-refractivity contribution in [2.75, 3.05) is 13.2 Å². The summed E-state index contributed by atoms with van der Waals surface area (Å²) in [6.07, 6.45) is 8.52. The summed E-state index contributed by atoms with van der Waals surface area (Å²) in [7, 11) is 0. The standard InChI is InChI=1S/C32H45NO9/c1-20(34)42-32(26(36)19-41-29(40)10-9-27(37)33-17-5-4-6-28(38)39)16-13-25-23-8-7-21-18-22(35)11-14-30(21,2)24(23)12-15-31(25,32)3/h18,23-25H,4-17,19H2,1-3H3,(H,33,37)(H,38,39)/t23-,24+,25-,30+,31+,32+/m1/s1. The fourth-order valence-corrected chi connectivity index (χ4v) is 8.75. The van der Waals surface area contributed by atoms with Crippen LogP contribution < -0.4 is 5.32 Å². The Balaban J connectivity index is 1.37. The van der Waals surface area contributed by atoms with Gasteiger partial charge < -0.3 is 19.9 Å². The minimum Gasteiger partial charge on any atom is -0.481 e. The van der Waals surface area contributed by atoms with E-state index in [0.29, 0.717) is 50.5 Å². The third kappa shape index (κ3) is 6.18. The van der Waals surface area contributed by atoms with Crippen molar-refractivity contribution in [1.29, 1.82) is 0 Å². The smallest absolute Gasteiger partial charge is 0.306 e. The predicted octanol–water partition coefficient (Wildman–Crippen LogP) is 4.08. The van der Waals surface area contributed by atoms with Crippen molar-refractivity contribution in [2.24, 2.45) is 28.6 Å². The van der Waals surface area contributed by atoms with Gasteiger partial charge in [-0.25, -0.2) is 0 Å². The minimum absolute atomic E-state index is 0.0187. The van der Waals surface area contributed by atoms with Gasteiger partial charge in [0.05, 0.1) is 6.42 Å². The summed E-state index contributed by atoms with van der Waals surface area (Å²) in [5.74, 6) is -1.72. The average molecular weight is 588 g/mol. The first-order valence-corrected chi connectivity index (χ1v) is 15.4. The normalized spacial score (nSPS) is 33.4. The van der Waals surface area contributed by atoms with Gasteiger partial charge in [0.1, 0.15) is 0 Å². The number of Topliss-reactive ketones (excluding diaryl/α,β-unsaturated/α-hetero) is 1. The summed E-state index contributed by atoms with van der Waals surface area (Å²) in [6, 6.07) is 0. The van der Waals surface area contributed by atoms with Crippen LogP contribution in [0.2, 0.25) is 0 Å². The van der Waals surface area contributed by atoms with Gasteiger partial charge in [0, 0.05) is 38.1 Å². The van der Waals surface area contributed by atoms with Crippen molar-refractivity contribution in [3.63, 3.8) is 0 Å². The first kappa shape index (κ1) is 31.9. The fraction of sp³-hybridized carbons (Fsp3) is 0.750. The van der Waals surface area contributed by atoms with E-state index in [2.05, 4.69) is 19.2 Å². The van der Waals surface area contributed by atoms with Crippen LogP contribution in [-0.2, 0) is 38.2 Å². The van der Waals surface area contributed by atoms with Crippen LogP contribution in [0.15, 0.2) is 11.6 Å². The Morgan fingerprint density at radius 1 is 0.952 bits per heavy atom. The fourth-order valence-electron chi connectivity index (χ4n) is 8.75. The molecule has 0 aromatic rings. The van der Waals surface area contributed by atoms with Crippen LogP contribution in [0, 0.1) is 28.6 Å². The number of fused-ring (bicyclic) bond motifs is 5. The largest absolute Gasteiger partial charge is 0.481 e. The van der Waals surface area contributed by atoms with Gasteiger partial charge >= 0.3 is 17.9 Å². The summed E-state index contributed by atoms with van der Waals surface area (Å²) >= 11 is 0. The van der Waals surface area contributed by atoms with Crippen LogP contribution in [0.5, 0.6) is 0 Å². The lowest BCUT2D eigenvalue weighted by Crippen LogP contribution is -2.59. The van der Waals surface area contributed by atoms with Gasteiger partial charge in [-0.3, -0.25) is 28.8 Å². The van der Waals surface area contributed by atoms with E-state index < -0.39 is 41.3 Å². The molecule has 4 aliphatic carbocycles. The first-order chi connectivity index (χ1) is 19.8. The van der Waals surface area contributed by atoms with Crippen LogP contribution in [-0.4, -0.2) is 59.2 Å². The van der Waals surface area contributed by atoms with Crippen LogP contribution in [0.3, 0.4) is 0 Å². The van der Waals surface area contributed by atoms with Gasteiger partial charge in [-0.05, 0) is 87.0 Å². The van der Waals surface area contributed by atoms with Crippen LogP contribution >= 0.6 is 0 Å². The highest BCUT2D eigenvalue weighted by molar-refractivity contribution is 5.93. The van der Waals surface area contributed by atoms with Gasteiger partial charge in [0.15, 0.2) is 18.0 Å². The van der Waals surface area contributed by atoms with E-state index in [1.165, 1.54) is 12.5 Å². The maximum Gasteiger partial charge on any atom is 0.306 e. The molecule has 0 heterocycles. The van der Waals surface area contributed by atoms with Crippen molar-refractivity contribution in [3.05, 3.63) is 11.6 Å². The predicted molar refractivity (Wildman–Crippen MR) is 151 cm³/mol. The third-order valence-electron chi connectivity index (χ3n) is 10.9. The number of allylic oxidation sites excluding steroid dienone is 1. The number of hydrogen-bond donors (Lipinski definition) is 2. The average Bonchev–Trinajstić information content (AvgIpc) is 3.22. The lowest BCUT2D eigenvalue weighted by molar-refractivity contribution is -0.191. The molecule has 0 spiro atoms. The molecule has 0 aromatic heterocycles. The number of carboxylic acids is 1. The Bertz CT molecular complexity index is 1160. The van der Waals surface area contributed by atoms with Gasteiger partial charge in [0.2, 0.25) is 11.7 Å². The molecule has 42 heavy (non-hydrogen) atoms. The zero-order valence-electron chi connectivity index (χ0n) is 25.1. The van der Waals surface area contributed by atoms with E-state index in [1.807, 2.05) is 6.08 Å². The Hall–Kier alpha value is -3.04. The van der Waals surface area contributed by atoms with Crippen molar-refractivity contribution in [3.8, 4) is 0 Å². The number of carboxylic acid groups (broad SMARTS) is 1. The summed E-state index contributed by atoms with van der Waals surface area (Å²) in [5, 5.41) is 11.3. The minimum atomic E-state index is -1.37. The summed E-state index contributed by atoms with van der Waals surface area (Å²) in [6.45, 7) is 5.46. The first-order valence-electron chi connectivity index (χ1n) is 15.4. The van der Waals surface area contributed by atoms with Gasteiger partial charge in [-0.2, -0.15) is 0 Å². The molecule has 3 fully saturated rings. The lowest BCUT2D eigenvalue weighted by atomic mass is 9.46. The number of carbonyl (C=O) groups excluding carboxylic acids is 5. The molecule has 10 nitrogen and oxygen atoms in total. The molecule has 3 saturated carbocycles. The number of nitrogens with one attached hydrogen (secondary N) is 1. The number of carbonyl (C=O) groups is 6. The molecule has 0 unspecified atom stereocenters. The third-order valence-corrected chi connectivity index (χ3v) is 10.9. The van der Waals surface area contributed by atoms with Crippen LogP contribution in [0.4, 0.5) is 0 Å². The molecule has 4 rings (SSSR count). The molecule has 0 aromatic carbocycles. The topological polar surface area (TPSA) is 153 Å². The van der Waals surface area contributed by atoms with E-state index in [4.69, 9.17) is 14.6 Å². The van der Waals surface area contributed by atoms with Crippen molar-refractivity contribution in [2.45, 2.75) is 110 Å². The number of aliphatic carboxylic acids is 1. The van der Waals surface area contributed by atoms with E-state index in [9.17, 15) is 28.8 Å². The maximum absolute atomic E-state index is 13.8. The van der Waals surface area contributed by atoms with E-state index >= 15 is 0 Å². The van der Waals surface area contributed by atoms with Gasteiger partial charge in [-0.1, -0.05) is 19.4 Å². The van der Waals surface area contributed by atoms with Crippen molar-refractivity contribution in [1.82, 2.24) is 5.32 Å². The molecule has 10 heteroatoms. The second kappa shape index (κ2) is 12.7. The Morgan fingerprint density at radius 2 is 1.69 bits per heavy atom. The quantitative estimate of drug-likeness (QED) is 0.254. The summed E-state index contributed by atoms with van der Waals surface area (Å²) in [4.78, 5) is 73.3. The van der Waals surface area contributed by atoms with Crippen LogP contribution in [0.1, 0.15) is 104 Å². The molecule has 0 radical (unpaired) electrons. The SMILES string of the molecule is CC(=O)O[C@]1(C(=O)COC(=O)CCC(=O)NCCCCC(=O)O)CC[C@@H]2[C@@H]3CCC4=CC(=O)CC[C@]4(C)[C@H]3CC[C@@]21C. The van der Waals surface area contributed by atoms with Gasteiger partial charge in [0.25, 0.3) is 0 Å². The zero-order chi connectivity index (χ0) is 30.7. The molecular formula is C32H45NO9. The maximum atomic E-state index is 13.8. The molecule has 1 amide bonds. The lowest BCUT2D eigenvalue weighted by Gasteiger charge is -2.59. The molecule has 0 saturated heterocycles. The Morgan fingerprint density at radius 3 is 2.40 bits per heavy atom. The Labute approximate surface area is 247 Å². The number of unbranched alkanes of at least 4 members (excludes halogenated alkanes) is 1. The second-order valence-corrected chi connectivity index (χ2v) is 13.2. The van der Waals surface area contributed by atoms with E-state index in [0.717, 1.165) is 32.1 Å². The molecule has 6 atom stereocenters. The van der Waals surface area contributed by atoms with Crippen molar-refractivity contribution >= 4 is 35.4 Å². The number of ketones is 2. The summed E-state index contributed by atoms with van der Waals surface area (Å²) < 4.78 is 11.2. The highest BCUT2D eigenvalue weighted by Crippen LogP contribution is 2.68. The number of hydrogen-bond acceptors (Lipinski definition) is 8. The molecule has 0 aliphatic heterocycles. The Kier molecular flexibility index (Phi) is 9.62. The second-order valence-electron chi connectivity index (χ2n) is 13.2. The highest BCUT2D eigenvalue weighted by atomic mass is 16.6. The van der Waals surface area contributed by atoms with Gasteiger partial charge in [-0.15, -0.1) is 0 Å². The molecule has 4 aliphatic rings. The number of ether oxygens (including phenoxy) is 2. The monoisotopic (exact) mass is 587 g/mol. The number of rotatable bonds is 12. The molecule has 232 valence electrons. The molecule has 0 bridgehead atoms. The summed E-state index contributed by atoms with van der Waals surface area (Å²) in [5.41, 5.74) is -0.717. The highest BCUT2D eigenvalue weighted by Gasteiger charge is 2.68. The van der Waals surface area contributed by atoms with E-state index in [-0.39, 0.29) is 42.3 Å². The molecule has 2 N–H and O–H groups in total. The zero-order valence-corrected chi connectivity index (χ0v) is 25.1. The molecular weight excluding hydrogens is 542 g/mol. The van der Waals surface area contributed by atoms with E-state index in [1.54, 1.807) is 0 Å². The number of esters is 2. The van der Waals surface area contributed by atoms with Crippen molar-refractivity contribution < 1.29 is 43.3 Å². The number of amides is 1.